The van der Waals surface area contributed by atoms with E-state index in [0.29, 0.717) is 24.4 Å². The van der Waals surface area contributed by atoms with Crippen LogP contribution in [0.2, 0.25) is 0 Å². The first-order valence-corrected chi connectivity index (χ1v) is 8.94. The summed E-state index contributed by atoms with van der Waals surface area (Å²) >= 11 is 1.63. The number of guanidine groups is 1. The number of aryl methyl sites for hydroxylation is 1. The molecule has 0 amide bonds. The molecule has 0 bridgehead atoms. The van der Waals surface area contributed by atoms with Crippen molar-refractivity contribution < 1.29 is 14.3 Å². The lowest BCUT2D eigenvalue weighted by Crippen LogP contribution is -2.38. The third-order valence-corrected chi connectivity index (χ3v) is 4.58. The molecule has 0 aliphatic rings. The van der Waals surface area contributed by atoms with Gasteiger partial charge < -0.3 is 19.7 Å². The van der Waals surface area contributed by atoms with Gasteiger partial charge in [-0.25, -0.2) is 9.78 Å². The van der Waals surface area contributed by atoms with Gasteiger partial charge in [-0.3, -0.25) is 4.99 Å². The molecule has 0 radical (unpaired) electrons. The quantitative estimate of drug-likeness (QED) is 0.474. The third-order valence-electron chi connectivity index (χ3n) is 3.76. The number of carbonyl (C=O) groups excluding carboxylic acids is 1. The molecular weight excluding hydrogens is 352 g/mol. The topological polar surface area (TPSA) is 76.1 Å². The summed E-state index contributed by atoms with van der Waals surface area (Å²) in [6.45, 7) is 3.17. The highest BCUT2D eigenvalue weighted by molar-refractivity contribution is 7.09. The summed E-state index contributed by atoms with van der Waals surface area (Å²) in [4.78, 5) is 22.7. The standard InChI is InChI=1S/C18H24N4O3S/c1-12-21-14(11-26-12)10-22(3)18(19-2)20-9-13-6-7-16(24-4)15(8-13)17(23)25-5/h6-8,11H,9-10H2,1-5H3,(H,19,20). The number of aliphatic imine (C=N–C) groups is 1. The average molecular weight is 376 g/mol. The molecule has 2 rings (SSSR count). The van der Waals surface area contributed by atoms with Gasteiger partial charge in [0.2, 0.25) is 0 Å². The predicted octanol–water partition coefficient (Wildman–Crippen LogP) is 2.45. The molecular formula is C18H24N4O3S. The number of thiazole rings is 1. The lowest BCUT2D eigenvalue weighted by atomic mass is 10.1. The molecule has 2 aromatic rings. The normalized spacial score (nSPS) is 11.2. The van der Waals surface area contributed by atoms with Crippen LogP contribution in [-0.2, 0) is 17.8 Å². The average Bonchev–Trinajstić information content (AvgIpc) is 3.06. The van der Waals surface area contributed by atoms with Crippen LogP contribution in [0.25, 0.3) is 0 Å². The van der Waals surface area contributed by atoms with Crippen molar-refractivity contribution in [2.45, 2.75) is 20.0 Å². The van der Waals surface area contributed by atoms with Crippen LogP contribution in [0.3, 0.4) is 0 Å². The molecule has 0 aliphatic heterocycles. The summed E-state index contributed by atoms with van der Waals surface area (Å²) in [7, 11) is 6.57. The van der Waals surface area contributed by atoms with E-state index in [9.17, 15) is 4.79 Å². The number of rotatable bonds is 6. The Bertz CT molecular complexity index is 788. The number of nitrogens with zero attached hydrogens (tertiary/aromatic N) is 3. The number of carbonyl (C=O) groups is 1. The second-order valence-electron chi connectivity index (χ2n) is 5.64. The number of aromatic nitrogens is 1. The van der Waals surface area contributed by atoms with Crippen LogP contribution in [0.4, 0.5) is 0 Å². The van der Waals surface area contributed by atoms with Gasteiger partial charge in [0.25, 0.3) is 0 Å². The van der Waals surface area contributed by atoms with Gasteiger partial charge in [-0.05, 0) is 24.6 Å². The Morgan fingerprint density at radius 3 is 2.73 bits per heavy atom. The van der Waals surface area contributed by atoms with Gasteiger partial charge in [0.1, 0.15) is 11.3 Å². The van der Waals surface area contributed by atoms with Crippen LogP contribution in [0.15, 0.2) is 28.6 Å². The van der Waals surface area contributed by atoms with Gasteiger partial charge in [-0.1, -0.05) is 6.07 Å². The first-order valence-electron chi connectivity index (χ1n) is 8.06. The minimum atomic E-state index is -0.427. The van der Waals surface area contributed by atoms with Crippen LogP contribution in [0, 0.1) is 6.92 Å². The Balaban J connectivity index is 2.04. The van der Waals surface area contributed by atoms with Gasteiger partial charge in [0, 0.05) is 26.0 Å². The summed E-state index contributed by atoms with van der Waals surface area (Å²) in [5.41, 5.74) is 2.33. The summed E-state index contributed by atoms with van der Waals surface area (Å²) in [6.07, 6.45) is 0. The van der Waals surface area contributed by atoms with Crippen LogP contribution >= 0.6 is 11.3 Å². The fourth-order valence-corrected chi connectivity index (χ4v) is 3.10. The Morgan fingerprint density at radius 2 is 2.15 bits per heavy atom. The van der Waals surface area contributed by atoms with E-state index in [1.807, 2.05) is 30.3 Å². The fourth-order valence-electron chi connectivity index (χ4n) is 2.50. The van der Waals surface area contributed by atoms with Gasteiger partial charge in [0.15, 0.2) is 5.96 Å². The predicted molar refractivity (Wildman–Crippen MR) is 103 cm³/mol. The molecule has 1 heterocycles. The van der Waals surface area contributed by atoms with Crippen molar-refractivity contribution in [3.8, 4) is 5.75 Å². The molecule has 1 aromatic carbocycles. The van der Waals surface area contributed by atoms with Crippen molar-refractivity contribution in [1.82, 2.24) is 15.2 Å². The largest absolute Gasteiger partial charge is 0.496 e. The zero-order valence-electron chi connectivity index (χ0n) is 15.7. The van der Waals surface area contributed by atoms with E-state index in [0.717, 1.165) is 22.2 Å². The number of nitrogens with one attached hydrogen (secondary N) is 1. The molecule has 0 atom stereocenters. The van der Waals surface area contributed by atoms with E-state index < -0.39 is 5.97 Å². The Morgan fingerprint density at radius 1 is 1.38 bits per heavy atom. The summed E-state index contributed by atoms with van der Waals surface area (Å²) in [6, 6.07) is 5.41. The molecule has 1 N–H and O–H groups in total. The van der Waals surface area contributed by atoms with Crippen molar-refractivity contribution in [1.29, 1.82) is 0 Å². The number of ether oxygens (including phenoxy) is 2. The Hall–Kier alpha value is -2.61. The molecule has 8 heteroatoms. The summed E-state index contributed by atoms with van der Waals surface area (Å²) in [5, 5.41) is 6.39. The highest BCUT2D eigenvalue weighted by Gasteiger charge is 2.14. The van der Waals surface area contributed by atoms with Crippen LogP contribution < -0.4 is 10.1 Å². The molecule has 0 aliphatic carbocycles. The van der Waals surface area contributed by atoms with Crippen molar-refractivity contribution in [3.05, 3.63) is 45.4 Å². The lowest BCUT2D eigenvalue weighted by Gasteiger charge is -2.21. The molecule has 0 unspecified atom stereocenters. The van der Waals surface area contributed by atoms with Crippen molar-refractivity contribution in [3.63, 3.8) is 0 Å². The first kappa shape index (κ1) is 19.7. The molecule has 26 heavy (non-hydrogen) atoms. The minimum Gasteiger partial charge on any atom is -0.496 e. The van der Waals surface area contributed by atoms with E-state index in [4.69, 9.17) is 9.47 Å². The lowest BCUT2D eigenvalue weighted by molar-refractivity contribution is 0.0597. The molecule has 140 valence electrons. The first-order chi connectivity index (χ1) is 12.5. The highest BCUT2D eigenvalue weighted by atomic mass is 32.1. The number of methoxy groups -OCH3 is 2. The van der Waals surface area contributed by atoms with Crippen molar-refractivity contribution in [2.75, 3.05) is 28.3 Å². The third kappa shape index (κ3) is 4.95. The summed E-state index contributed by atoms with van der Waals surface area (Å²) in [5.74, 6) is 0.802. The molecule has 0 spiro atoms. The minimum absolute atomic E-state index is 0.399. The number of benzene rings is 1. The zero-order chi connectivity index (χ0) is 19.1. The van der Waals surface area contributed by atoms with Gasteiger partial charge in [-0.15, -0.1) is 11.3 Å². The molecule has 7 nitrogen and oxygen atoms in total. The Labute approximate surface area is 157 Å². The maximum Gasteiger partial charge on any atom is 0.341 e. The molecule has 1 aromatic heterocycles. The Kier molecular flexibility index (Phi) is 6.97. The molecule has 0 fully saturated rings. The SMILES string of the molecule is CN=C(NCc1ccc(OC)c(C(=O)OC)c1)N(C)Cc1csc(C)n1. The monoisotopic (exact) mass is 376 g/mol. The fraction of sp³-hybridized carbons (Fsp3) is 0.389. The van der Waals surface area contributed by atoms with Gasteiger partial charge >= 0.3 is 5.97 Å². The van der Waals surface area contributed by atoms with E-state index in [1.54, 1.807) is 30.5 Å². The second kappa shape index (κ2) is 9.19. The summed E-state index contributed by atoms with van der Waals surface area (Å²) < 4.78 is 10.0. The van der Waals surface area contributed by atoms with Crippen LogP contribution in [-0.4, -0.2) is 50.1 Å². The molecule has 0 saturated carbocycles. The smallest absolute Gasteiger partial charge is 0.341 e. The van der Waals surface area contributed by atoms with Crippen LogP contribution in [0.1, 0.15) is 26.6 Å². The number of esters is 1. The highest BCUT2D eigenvalue weighted by Crippen LogP contribution is 2.20. The van der Waals surface area contributed by atoms with Crippen LogP contribution in [0.5, 0.6) is 5.75 Å². The van der Waals surface area contributed by atoms with E-state index in [2.05, 4.69) is 15.3 Å². The maximum atomic E-state index is 11.9. The molecule has 0 saturated heterocycles. The van der Waals surface area contributed by atoms with E-state index in [-0.39, 0.29) is 0 Å². The van der Waals surface area contributed by atoms with E-state index in [1.165, 1.54) is 14.2 Å². The van der Waals surface area contributed by atoms with Crippen molar-refractivity contribution >= 4 is 23.3 Å². The van der Waals surface area contributed by atoms with Crippen molar-refractivity contribution in [2.24, 2.45) is 4.99 Å². The number of hydrogen-bond acceptors (Lipinski definition) is 6. The van der Waals surface area contributed by atoms with Gasteiger partial charge in [0.05, 0.1) is 31.5 Å². The van der Waals surface area contributed by atoms with E-state index >= 15 is 0 Å². The van der Waals surface area contributed by atoms with Gasteiger partial charge in [-0.2, -0.15) is 0 Å². The maximum absolute atomic E-state index is 11.9. The second-order valence-corrected chi connectivity index (χ2v) is 6.70. The zero-order valence-corrected chi connectivity index (χ0v) is 16.5. The number of hydrogen-bond donors (Lipinski definition) is 1.